The zero-order chi connectivity index (χ0) is 16.2. The lowest BCUT2D eigenvalue weighted by molar-refractivity contribution is 0.345. The van der Waals surface area contributed by atoms with E-state index < -0.39 is 25.9 Å². The number of sulfone groups is 1. The minimum Gasteiger partial charge on any atom is -0.229 e. The number of benzene rings is 1. The van der Waals surface area contributed by atoms with E-state index in [1.54, 1.807) is 6.08 Å². The van der Waals surface area contributed by atoms with E-state index in [9.17, 15) is 16.8 Å². The van der Waals surface area contributed by atoms with Crippen LogP contribution in [0.1, 0.15) is 25.3 Å². The summed E-state index contributed by atoms with van der Waals surface area (Å²) in [4.78, 5) is 0. The molecule has 5 nitrogen and oxygen atoms in total. The Morgan fingerprint density at radius 3 is 2.50 bits per heavy atom. The maximum absolute atomic E-state index is 12.5. The molecule has 0 N–H and O–H groups in total. The highest BCUT2D eigenvalue weighted by molar-refractivity contribution is 7.93. The molecule has 1 aliphatic heterocycles. The fourth-order valence-electron chi connectivity index (χ4n) is 2.55. The normalized spacial score (nSPS) is 21.6. The highest BCUT2D eigenvalue weighted by atomic mass is 32.2. The Bertz CT molecular complexity index is 724. The van der Waals surface area contributed by atoms with E-state index in [0.717, 1.165) is 5.56 Å². The van der Waals surface area contributed by atoms with E-state index in [1.165, 1.54) is 9.71 Å². The van der Waals surface area contributed by atoms with E-state index in [0.29, 0.717) is 19.4 Å². The van der Waals surface area contributed by atoms with Gasteiger partial charge in [-0.15, -0.1) is 0 Å². The molecule has 1 unspecified atom stereocenters. The molecule has 0 amide bonds. The zero-order valence-corrected chi connectivity index (χ0v) is 14.2. The Kier molecular flexibility index (Phi) is 5.41. The summed E-state index contributed by atoms with van der Waals surface area (Å²) in [5.41, 5.74) is 0.793. The number of nitrogens with zero attached hydrogens (tertiary/aromatic N) is 1. The first kappa shape index (κ1) is 17.2. The van der Waals surface area contributed by atoms with Crippen LogP contribution in [0.5, 0.6) is 0 Å². The van der Waals surface area contributed by atoms with E-state index in [1.807, 2.05) is 37.3 Å². The average Bonchev–Trinajstić information content (AvgIpc) is 2.83. The van der Waals surface area contributed by atoms with Crippen LogP contribution < -0.4 is 0 Å². The molecule has 0 aromatic heterocycles. The molecule has 7 heteroatoms. The van der Waals surface area contributed by atoms with E-state index >= 15 is 0 Å². The lowest BCUT2D eigenvalue weighted by Crippen LogP contribution is -2.40. The molecule has 0 spiro atoms. The summed E-state index contributed by atoms with van der Waals surface area (Å²) in [6, 6.07) is 8.71. The first-order chi connectivity index (χ1) is 10.3. The highest BCUT2D eigenvalue weighted by Gasteiger charge is 2.36. The number of hydrogen-bond donors (Lipinski definition) is 0. The monoisotopic (exact) mass is 343 g/mol. The molecule has 0 aliphatic carbocycles. The van der Waals surface area contributed by atoms with Crippen LogP contribution in [0.15, 0.2) is 35.7 Å². The van der Waals surface area contributed by atoms with Crippen LogP contribution in [0.4, 0.5) is 0 Å². The van der Waals surface area contributed by atoms with Gasteiger partial charge in [-0.25, -0.2) is 16.8 Å². The molecule has 0 radical (unpaired) electrons. The predicted molar refractivity (Wildman–Crippen MR) is 88.5 cm³/mol. The van der Waals surface area contributed by atoms with Crippen LogP contribution in [-0.2, 0) is 19.9 Å². The van der Waals surface area contributed by atoms with E-state index in [2.05, 4.69) is 0 Å². The molecule has 1 saturated heterocycles. The van der Waals surface area contributed by atoms with Crippen LogP contribution in [0.3, 0.4) is 0 Å². The van der Waals surface area contributed by atoms with Gasteiger partial charge in [0.2, 0.25) is 10.0 Å². The minimum absolute atomic E-state index is 0.0653. The second-order valence-electron chi connectivity index (χ2n) is 5.43. The second-order valence-corrected chi connectivity index (χ2v) is 9.43. The molecule has 2 rings (SSSR count). The summed E-state index contributed by atoms with van der Waals surface area (Å²) in [5.74, 6) is -0.0127. The van der Waals surface area contributed by atoms with Crippen molar-refractivity contribution in [3.8, 4) is 0 Å². The largest absolute Gasteiger partial charge is 0.236 e. The molecular weight excluding hydrogens is 322 g/mol. The maximum Gasteiger partial charge on any atom is 0.236 e. The molecule has 1 atom stereocenters. The van der Waals surface area contributed by atoms with Crippen molar-refractivity contribution in [2.75, 3.05) is 18.1 Å². The van der Waals surface area contributed by atoms with Crippen molar-refractivity contribution < 1.29 is 16.8 Å². The van der Waals surface area contributed by atoms with Crippen molar-refractivity contribution in [2.24, 2.45) is 0 Å². The van der Waals surface area contributed by atoms with Gasteiger partial charge in [0.05, 0.1) is 11.5 Å². The number of rotatable bonds is 6. The zero-order valence-electron chi connectivity index (χ0n) is 12.6. The molecule has 1 aliphatic rings. The lowest BCUT2D eigenvalue weighted by Gasteiger charge is -2.25. The first-order valence-electron chi connectivity index (χ1n) is 7.29. The number of hydrogen-bond acceptors (Lipinski definition) is 4. The van der Waals surface area contributed by atoms with E-state index in [-0.39, 0.29) is 11.5 Å². The quantitative estimate of drug-likeness (QED) is 0.791. The molecule has 1 fully saturated rings. The van der Waals surface area contributed by atoms with Gasteiger partial charge < -0.3 is 0 Å². The van der Waals surface area contributed by atoms with Crippen molar-refractivity contribution in [3.05, 3.63) is 41.3 Å². The molecule has 0 bridgehead atoms. The lowest BCUT2D eigenvalue weighted by atomic mass is 10.2. The summed E-state index contributed by atoms with van der Waals surface area (Å²) in [6.45, 7) is 2.22. The predicted octanol–water partition coefficient (Wildman–Crippen LogP) is 1.89. The molecular formula is C15H21NO4S2. The molecule has 0 saturated carbocycles. The van der Waals surface area contributed by atoms with Crippen LogP contribution in [0, 0.1) is 0 Å². The molecule has 22 heavy (non-hydrogen) atoms. The van der Waals surface area contributed by atoms with Gasteiger partial charge in [-0.05, 0) is 24.5 Å². The van der Waals surface area contributed by atoms with Gasteiger partial charge in [0.1, 0.15) is 0 Å². The highest BCUT2D eigenvalue weighted by Crippen LogP contribution is 2.22. The van der Waals surface area contributed by atoms with Crippen molar-refractivity contribution in [1.29, 1.82) is 0 Å². The van der Waals surface area contributed by atoms with Crippen LogP contribution >= 0.6 is 0 Å². The third-order valence-corrected chi connectivity index (χ3v) is 6.98. The fraction of sp³-hybridized carbons (Fsp3) is 0.467. The van der Waals surface area contributed by atoms with Gasteiger partial charge in [0.15, 0.2) is 9.84 Å². The van der Waals surface area contributed by atoms with Gasteiger partial charge in [-0.2, -0.15) is 4.31 Å². The summed E-state index contributed by atoms with van der Waals surface area (Å²) < 4.78 is 49.6. The van der Waals surface area contributed by atoms with Gasteiger partial charge in [0.25, 0.3) is 0 Å². The third-order valence-electron chi connectivity index (χ3n) is 3.62. The van der Waals surface area contributed by atoms with Crippen molar-refractivity contribution in [2.45, 2.75) is 25.8 Å². The summed E-state index contributed by atoms with van der Waals surface area (Å²) >= 11 is 0. The minimum atomic E-state index is -3.63. The molecule has 1 aromatic rings. The van der Waals surface area contributed by atoms with Gasteiger partial charge in [0, 0.05) is 18.0 Å². The van der Waals surface area contributed by atoms with Crippen molar-refractivity contribution >= 4 is 25.9 Å². The topological polar surface area (TPSA) is 71.5 Å². The van der Waals surface area contributed by atoms with Gasteiger partial charge >= 0.3 is 0 Å². The Labute approximate surface area is 132 Å². The van der Waals surface area contributed by atoms with Gasteiger partial charge in [-0.3, -0.25) is 0 Å². The summed E-state index contributed by atoms with van der Waals surface area (Å²) in [5, 5.41) is 1.17. The van der Waals surface area contributed by atoms with Crippen LogP contribution in [-0.4, -0.2) is 45.2 Å². The van der Waals surface area contributed by atoms with E-state index in [4.69, 9.17) is 0 Å². The smallest absolute Gasteiger partial charge is 0.229 e. The Balaban J connectivity index is 2.21. The van der Waals surface area contributed by atoms with Crippen LogP contribution in [0.25, 0.3) is 6.08 Å². The van der Waals surface area contributed by atoms with Crippen molar-refractivity contribution in [1.82, 2.24) is 4.31 Å². The third kappa shape index (κ3) is 4.41. The van der Waals surface area contributed by atoms with Crippen LogP contribution in [0.2, 0.25) is 0 Å². The van der Waals surface area contributed by atoms with Gasteiger partial charge in [-0.1, -0.05) is 37.3 Å². The fourth-order valence-corrected chi connectivity index (χ4v) is 5.89. The van der Waals surface area contributed by atoms with Crippen molar-refractivity contribution in [3.63, 3.8) is 0 Å². The Morgan fingerprint density at radius 1 is 1.27 bits per heavy atom. The SMILES string of the molecule is CCCN(C1CCS(=O)(=O)C1)S(=O)(=O)/C=C/c1ccccc1. The maximum atomic E-state index is 12.5. The Morgan fingerprint density at radius 2 is 1.95 bits per heavy atom. The molecule has 122 valence electrons. The molecule has 1 aromatic carbocycles. The summed E-state index contributed by atoms with van der Waals surface area (Å²) in [7, 11) is -6.74. The second kappa shape index (κ2) is 6.93. The average molecular weight is 343 g/mol. The standard InChI is InChI=1S/C15H21NO4S2/c1-2-10-16(15-9-11-21(17,18)13-15)22(19,20)12-8-14-6-4-3-5-7-14/h3-8,12,15H,2,9-11,13H2,1H3/b12-8+. The summed E-state index contributed by atoms with van der Waals surface area (Å²) in [6.07, 6.45) is 2.57. The molecule has 1 heterocycles. The first-order valence-corrected chi connectivity index (χ1v) is 10.6. The number of sulfonamides is 1. The Hall–Kier alpha value is -1.18.